The number of halogens is 1. The van der Waals surface area contributed by atoms with Crippen LogP contribution in [0.15, 0.2) is 22.7 Å². The molecule has 0 bridgehead atoms. The molecule has 16 heavy (non-hydrogen) atoms. The molecule has 0 radical (unpaired) electrons. The zero-order chi connectivity index (χ0) is 11.9. The Morgan fingerprint density at radius 2 is 2.00 bits per heavy atom. The van der Waals surface area contributed by atoms with Crippen molar-refractivity contribution in [3.8, 4) is 0 Å². The van der Waals surface area contributed by atoms with Crippen molar-refractivity contribution >= 4 is 21.7 Å². The standard InChI is InChI=1S/C14H17BrO/c1-14(2,3)12-7-5-9-4-6-10(15)8-11(9)13(12)16/h4,6,8,12H,5,7H2,1-3H3/t12-/m1/s1. The van der Waals surface area contributed by atoms with Crippen molar-refractivity contribution < 1.29 is 4.79 Å². The van der Waals surface area contributed by atoms with Gasteiger partial charge in [0.2, 0.25) is 0 Å². The van der Waals surface area contributed by atoms with Crippen LogP contribution in [0.2, 0.25) is 0 Å². The number of hydrogen-bond acceptors (Lipinski definition) is 1. The fraction of sp³-hybridized carbons (Fsp3) is 0.500. The molecule has 0 heterocycles. The lowest BCUT2D eigenvalue weighted by atomic mass is 9.70. The Hall–Kier alpha value is -0.630. The summed E-state index contributed by atoms with van der Waals surface area (Å²) in [6.45, 7) is 6.45. The van der Waals surface area contributed by atoms with Crippen LogP contribution in [-0.4, -0.2) is 5.78 Å². The van der Waals surface area contributed by atoms with Crippen LogP contribution in [0, 0.1) is 11.3 Å². The largest absolute Gasteiger partial charge is 0.294 e. The molecule has 1 aliphatic carbocycles. The van der Waals surface area contributed by atoms with E-state index in [0.29, 0.717) is 5.78 Å². The van der Waals surface area contributed by atoms with Crippen molar-refractivity contribution in [2.24, 2.45) is 11.3 Å². The first-order chi connectivity index (χ1) is 7.39. The fourth-order valence-corrected chi connectivity index (χ4v) is 2.80. The first-order valence-corrected chi connectivity index (χ1v) is 6.51. The summed E-state index contributed by atoms with van der Waals surface area (Å²) in [6.07, 6.45) is 2.01. The molecule has 2 heteroatoms. The summed E-state index contributed by atoms with van der Waals surface area (Å²) in [5.74, 6) is 0.476. The van der Waals surface area contributed by atoms with Crippen molar-refractivity contribution in [1.82, 2.24) is 0 Å². The lowest BCUT2D eigenvalue weighted by molar-refractivity contribution is 0.0788. The van der Waals surface area contributed by atoms with E-state index in [1.807, 2.05) is 12.1 Å². The van der Waals surface area contributed by atoms with Crippen LogP contribution in [0.1, 0.15) is 43.1 Å². The van der Waals surface area contributed by atoms with Gasteiger partial charge in [-0.3, -0.25) is 4.79 Å². The third-order valence-corrected chi connectivity index (χ3v) is 3.89. The van der Waals surface area contributed by atoms with Crippen molar-refractivity contribution in [2.45, 2.75) is 33.6 Å². The Morgan fingerprint density at radius 1 is 1.31 bits per heavy atom. The van der Waals surface area contributed by atoms with Crippen LogP contribution in [-0.2, 0) is 6.42 Å². The summed E-state index contributed by atoms with van der Waals surface area (Å²) in [6, 6.07) is 6.05. The van der Waals surface area contributed by atoms with E-state index in [1.54, 1.807) is 0 Å². The van der Waals surface area contributed by atoms with E-state index in [1.165, 1.54) is 5.56 Å². The van der Waals surface area contributed by atoms with Crippen molar-refractivity contribution in [1.29, 1.82) is 0 Å². The molecule has 0 aromatic heterocycles. The lowest BCUT2D eigenvalue weighted by Crippen LogP contribution is -2.32. The molecule has 1 nitrogen and oxygen atoms in total. The molecular formula is C14H17BrO. The van der Waals surface area contributed by atoms with Gasteiger partial charge in [-0.1, -0.05) is 42.8 Å². The minimum absolute atomic E-state index is 0.0666. The summed E-state index contributed by atoms with van der Waals surface area (Å²) in [5.41, 5.74) is 2.19. The van der Waals surface area contributed by atoms with E-state index in [9.17, 15) is 4.79 Å². The monoisotopic (exact) mass is 280 g/mol. The average molecular weight is 281 g/mol. The van der Waals surface area contributed by atoms with Gasteiger partial charge in [0, 0.05) is 16.0 Å². The van der Waals surface area contributed by atoms with Gasteiger partial charge in [0.25, 0.3) is 0 Å². The summed E-state index contributed by atoms with van der Waals surface area (Å²) < 4.78 is 0.995. The molecule has 0 unspecified atom stereocenters. The normalized spacial score (nSPS) is 20.8. The Bertz CT molecular complexity index is 429. The smallest absolute Gasteiger partial charge is 0.166 e. The third-order valence-electron chi connectivity index (χ3n) is 3.40. The number of ketones is 1. The van der Waals surface area contributed by atoms with Crippen molar-refractivity contribution in [3.63, 3.8) is 0 Å². The zero-order valence-electron chi connectivity index (χ0n) is 10.0. The fourth-order valence-electron chi connectivity index (χ4n) is 2.44. The Kier molecular flexibility index (Phi) is 2.95. The van der Waals surface area contributed by atoms with E-state index >= 15 is 0 Å². The van der Waals surface area contributed by atoms with Crippen LogP contribution >= 0.6 is 15.9 Å². The number of rotatable bonds is 0. The van der Waals surface area contributed by atoms with Crippen LogP contribution in [0.4, 0.5) is 0 Å². The summed E-state index contributed by atoms with van der Waals surface area (Å²) in [7, 11) is 0. The molecular weight excluding hydrogens is 264 g/mol. The molecule has 0 spiro atoms. The van der Waals surface area contributed by atoms with E-state index in [2.05, 4.69) is 42.8 Å². The Balaban J connectivity index is 2.42. The number of benzene rings is 1. The number of carbonyl (C=O) groups excluding carboxylic acids is 1. The van der Waals surface area contributed by atoms with Crippen LogP contribution in [0.25, 0.3) is 0 Å². The predicted molar refractivity (Wildman–Crippen MR) is 69.7 cm³/mol. The highest BCUT2D eigenvalue weighted by Gasteiger charge is 2.35. The van der Waals surface area contributed by atoms with Gasteiger partial charge in [-0.2, -0.15) is 0 Å². The third kappa shape index (κ3) is 2.08. The quantitative estimate of drug-likeness (QED) is 0.695. The van der Waals surface area contributed by atoms with E-state index in [0.717, 1.165) is 22.9 Å². The molecule has 0 fully saturated rings. The number of carbonyl (C=O) groups is 1. The number of hydrogen-bond donors (Lipinski definition) is 0. The van der Waals surface area contributed by atoms with Gasteiger partial charge < -0.3 is 0 Å². The second kappa shape index (κ2) is 3.99. The maximum Gasteiger partial charge on any atom is 0.166 e. The van der Waals surface area contributed by atoms with Crippen LogP contribution in [0.3, 0.4) is 0 Å². The summed E-state index contributed by atoms with van der Waals surface area (Å²) >= 11 is 3.44. The summed E-state index contributed by atoms with van der Waals surface area (Å²) in [4.78, 5) is 12.4. The van der Waals surface area contributed by atoms with E-state index in [4.69, 9.17) is 0 Å². The molecule has 2 rings (SSSR count). The maximum absolute atomic E-state index is 12.4. The molecule has 0 saturated heterocycles. The minimum atomic E-state index is 0.0666. The highest BCUT2D eigenvalue weighted by Crippen LogP contribution is 2.37. The second-order valence-electron chi connectivity index (χ2n) is 5.62. The molecule has 0 amide bonds. The molecule has 1 atom stereocenters. The Morgan fingerprint density at radius 3 is 2.62 bits per heavy atom. The highest BCUT2D eigenvalue weighted by molar-refractivity contribution is 9.10. The van der Waals surface area contributed by atoms with Crippen molar-refractivity contribution in [3.05, 3.63) is 33.8 Å². The van der Waals surface area contributed by atoms with Gasteiger partial charge >= 0.3 is 0 Å². The molecule has 1 aliphatic rings. The maximum atomic E-state index is 12.4. The topological polar surface area (TPSA) is 17.1 Å². The summed E-state index contributed by atoms with van der Waals surface area (Å²) in [5, 5.41) is 0. The number of aryl methyl sites for hydroxylation is 1. The average Bonchev–Trinajstić information content (AvgIpc) is 2.17. The molecule has 86 valence electrons. The molecule has 0 saturated carbocycles. The molecule has 0 aliphatic heterocycles. The van der Waals surface area contributed by atoms with Crippen molar-refractivity contribution in [2.75, 3.05) is 0 Å². The lowest BCUT2D eigenvalue weighted by Gasteiger charge is -2.33. The first kappa shape index (κ1) is 11.8. The van der Waals surface area contributed by atoms with Gasteiger partial charge in [-0.05, 0) is 36.0 Å². The van der Waals surface area contributed by atoms with Gasteiger partial charge in [0.05, 0.1) is 0 Å². The zero-order valence-corrected chi connectivity index (χ0v) is 11.6. The Labute approximate surface area is 105 Å². The predicted octanol–water partition coefficient (Wildman–Crippen LogP) is 4.24. The van der Waals surface area contributed by atoms with Gasteiger partial charge in [-0.15, -0.1) is 0 Å². The second-order valence-corrected chi connectivity index (χ2v) is 6.54. The minimum Gasteiger partial charge on any atom is -0.294 e. The van der Waals surface area contributed by atoms with Crippen LogP contribution < -0.4 is 0 Å². The van der Waals surface area contributed by atoms with E-state index < -0.39 is 0 Å². The highest BCUT2D eigenvalue weighted by atomic mass is 79.9. The first-order valence-electron chi connectivity index (χ1n) is 5.72. The van der Waals surface area contributed by atoms with Gasteiger partial charge in [-0.25, -0.2) is 0 Å². The molecule has 0 N–H and O–H groups in total. The van der Waals surface area contributed by atoms with E-state index in [-0.39, 0.29) is 11.3 Å². The van der Waals surface area contributed by atoms with Crippen LogP contribution in [0.5, 0.6) is 0 Å². The number of Topliss-reactive ketones (excluding diaryl/α,β-unsaturated/α-hetero) is 1. The SMILES string of the molecule is CC(C)(C)[C@@H]1CCc2ccc(Br)cc2C1=O. The number of fused-ring (bicyclic) bond motifs is 1. The molecule has 1 aromatic carbocycles. The molecule has 1 aromatic rings. The van der Waals surface area contributed by atoms with Gasteiger partial charge in [0.1, 0.15) is 0 Å². The van der Waals surface area contributed by atoms with Gasteiger partial charge in [0.15, 0.2) is 5.78 Å².